The molecule has 0 radical (unpaired) electrons. The maximum atomic E-state index is 13.1. The fraction of sp³-hybridized carbons (Fsp3) is 0.500. The van der Waals surface area contributed by atoms with Gasteiger partial charge in [0.2, 0.25) is 17.6 Å². The van der Waals surface area contributed by atoms with Crippen molar-refractivity contribution in [2.75, 3.05) is 32.6 Å². The SMILES string of the molecule is CCCOC(=O)c1sc(NC(=O)C[C@H](CCCN(C)C)CCC(=O)c2cccc(-c3noc(C)n3)c2)nc1C. The molecule has 1 atom stereocenters. The number of aromatic nitrogens is 3. The first-order chi connectivity index (χ1) is 18.7. The molecule has 2 heterocycles. The average Bonchev–Trinajstić information content (AvgIpc) is 3.50. The third kappa shape index (κ3) is 9.36. The molecule has 1 aromatic carbocycles. The van der Waals surface area contributed by atoms with E-state index in [1.165, 1.54) is 0 Å². The molecule has 11 heteroatoms. The number of amides is 1. The lowest BCUT2D eigenvalue weighted by Crippen LogP contribution is -2.19. The number of ketones is 1. The molecule has 0 aliphatic heterocycles. The number of nitrogens with one attached hydrogen (secondary N) is 1. The molecule has 39 heavy (non-hydrogen) atoms. The summed E-state index contributed by atoms with van der Waals surface area (Å²) < 4.78 is 10.3. The minimum atomic E-state index is -0.425. The van der Waals surface area contributed by atoms with Gasteiger partial charge >= 0.3 is 5.97 Å². The second-order valence-corrected chi connectivity index (χ2v) is 10.8. The number of aryl methyl sites for hydroxylation is 2. The van der Waals surface area contributed by atoms with Crippen LogP contribution in [0.1, 0.15) is 77.1 Å². The number of benzene rings is 1. The first-order valence-corrected chi connectivity index (χ1v) is 14.0. The highest BCUT2D eigenvalue weighted by Gasteiger charge is 2.21. The Labute approximate surface area is 233 Å². The van der Waals surface area contributed by atoms with Crippen LogP contribution in [0.5, 0.6) is 0 Å². The van der Waals surface area contributed by atoms with Crippen LogP contribution in [0.2, 0.25) is 0 Å². The van der Waals surface area contributed by atoms with Gasteiger partial charge in [-0.15, -0.1) is 0 Å². The predicted molar refractivity (Wildman–Crippen MR) is 150 cm³/mol. The summed E-state index contributed by atoms with van der Waals surface area (Å²) in [5.74, 6) is 0.313. The van der Waals surface area contributed by atoms with Crippen molar-refractivity contribution in [3.05, 3.63) is 46.3 Å². The van der Waals surface area contributed by atoms with E-state index in [0.29, 0.717) is 52.4 Å². The van der Waals surface area contributed by atoms with E-state index in [1.54, 1.807) is 32.0 Å². The largest absolute Gasteiger partial charge is 0.461 e. The van der Waals surface area contributed by atoms with E-state index in [4.69, 9.17) is 9.26 Å². The molecule has 1 amide bonds. The molecular weight excluding hydrogens is 518 g/mol. The molecule has 0 spiro atoms. The monoisotopic (exact) mass is 555 g/mol. The van der Waals surface area contributed by atoms with Gasteiger partial charge < -0.3 is 19.5 Å². The van der Waals surface area contributed by atoms with Crippen molar-refractivity contribution in [2.24, 2.45) is 5.92 Å². The number of hydrogen-bond acceptors (Lipinski definition) is 10. The zero-order valence-electron chi connectivity index (χ0n) is 23.3. The van der Waals surface area contributed by atoms with E-state index in [9.17, 15) is 14.4 Å². The van der Waals surface area contributed by atoms with Crippen molar-refractivity contribution in [1.82, 2.24) is 20.0 Å². The van der Waals surface area contributed by atoms with Crippen LogP contribution >= 0.6 is 11.3 Å². The van der Waals surface area contributed by atoms with Gasteiger partial charge in [-0.25, -0.2) is 9.78 Å². The Balaban J connectivity index is 1.61. The van der Waals surface area contributed by atoms with Gasteiger partial charge in [0.15, 0.2) is 10.9 Å². The third-order valence-electron chi connectivity index (χ3n) is 6.11. The molecule has 3 aromatic rings. The van der Waals surface area contributed by atoms with Gasteiger partial charge in [0, 0.05) is 30.9 Å². The van der Waals surface area contributed by atoms with Crippen LogP contribution in [0, 0.1) is 19.8 Å². The van der Waals surface area contributed by atoms with Gasteiger partial charge in [-0.05, 0) is 65.2 Å². The third-order valence-corrected chi connectivity index (χ3v) is 7.16. The van der Waals surface area contributed by atoms with Crippen LogP contribution in [0.4, 0.5) is 5.13 Å². The van der Waals surface area contributed by atoms with E-state index in [2.05, 4.69) is 25.3 Å². The van der Waals surface area contributed by atoms with Crippen LogP contribution in [-0.2, 0) is 9.53 Å². The Bertz CT molecular complexity index is 1270. The van der Waals surface area contributed by atoms with Gasteiger partial charge in [0.1, 0.15) is 4.88 Å². The normalized spacial score (nSPS) is 11.9. The number of thiazole rings is 1. The molecule has 0 bridgehead atoms. The van der Waals surface area contributed by atoms with Gasteiger partial charge in [-0.2, -0.15) is 4.98 Å². The summed E-state index contributed by atoms with van der Waals surface area (Å²) in [6.07, 6.45) is 3.61. The van der Waals surface area contributed by atoms with Gasteiger partial charge in [-0.3, -0.25) is 9.59 Å². The van der Waals surface area contributed by atoms with E-state index < -0.39 is 5.97 Å². The van der Waals surface area contributed by atoms with Crippen molar-refractivity contribution in [1.29, 1.82) is 0 Å². The summed E-state index contributed by atoms with van der Waals surface area (Å²) in [6, 6.07) is 7.19. The number of Topliss-reactive ketones (excluding diaryl/α,β-unsaturated/α-hetero) is 1. The number of carbonyl (C=O) groups is 3. The maximum Gasteiger partial charge on any atom is 0.350 e. The van der Waals surface area contributed by atoms with Crippen molar-refractivity contribution >= 4 is 34.1 Å². The highest BCUT2D eigenvalue weighted by atomic mass is 32.1. The Morgan fingerprint density at radius 2 is 1.95 bits per heavy atom. The molecule has 0 fully saturated rings. The summed E-state index contributed by atoms with van der Waals surface area (Å²) in [5.41, 5.74) is 1.83. The van der Waals surface area contributed by atoms with Crippen LogP contribution in [0.25, 0.3) is 11.4 Å². The number of esters is 1. The molecule has 1 N–H and O–H groups in total. The molecule has 10 nitrogen and oxygen atoms in total. The molecule has 0 aliphatic carbocycles. The summed E-state index contributed by atoms with van der Waals surface area (Å²) in [5, 5.41) is 7.14. The summed E-state index contributed by atoms with van der Waals surface area (Å²) >= 11 is 1.12. The van der Waals surface area contributed by atoms with Crippen molar-refractivity contribution < 1.29 is 23.6 Å². The first kappa shape index (κ1) is 30.1. The quantitative estimate of drug-likeness (QED) is 0.196. The number of rotatable bonds is 15. The Morgan fingerprint density at radius 1 is 1.15 bits per heavy atom. The van der Waals surface area contributed by atoms with Crippen LogP contribution in [-0.4, -0.2) is 64.9 Å². The van der Waals surface area contributed by atoms with E-state index >= 15 is 0 Å². The smallest absolute Gasteiger partial charge is 0.350 e. The first-order valence-electron chi connectivity index (χ1n) is 13.2. The lowest BCUT2D eigenvalue weighted by molar-refractivity contribution is -0.117. The Hall–Kier alpha value is -3.44. The summed E-state index contributed by atoms with van der Waals surface area (Å²) in [6.45, 7) is 6.60. The summed E-state index contributed by atoms with van der Waals surface area (Å²) in [4.78, 5) is 49.3. The highest BCUT2D eigenvalue weighted by Crippen LogP contribution is 2.26. The fourth-order valence-electron chi connectivity index (χ4n) is 4.10. The van der Waals surface area contributed by atoms with Gasteiger partial charge in [-0.1, -0.05) is 41.6 Å². The van der Waals surface area contributed by atoms with Crippen molar-refractivity contribution in [3.8, 4) is 11.4 Å². The van der Waals surface area contributed by atoms with Gasteiger partial charge in [0.05, 0.1) is 12.3 Å². The zero-order valence-corrected chi connectivity index (χ0v) is 24.1. The number of carbonyl (C=O) groups excluding carboxylic acids is 3. The van der Waals surface area contributed by atoms with Crippen LogP contribution in [0.15, 0.2) is 28.8 Å². The second-order valence-electron chi connectivity index (χ2n) is 9.81. The number of ether oxygens (including phenoxy) is 1. The summed E-state index contributed by atoms with van der Waals surface area (Å²) in [7, 11) is 4.02. The molecule has 2 aromatic heterocycles. The lowest BCUT2D eigenvalue weighted by Gasteiger charge is -2.17. The number of nitrogens with zero attached hydrogens (tertiary/aromatic N) is 4. The Kier molecular flexibility index (Phi) is 11.3. The zero-order chi connectivity index (χ0) is 28.4. The predicted octanol–water partition coefficient (Wildman–Crippen LogP) is 5.33. The van der Waals surface area contributed by atoms with E-state index in [0.717, 1.165) is 42.7 Å². The fourth-order valence-corrected chi connectivity index (χ4v) is 4.98. The highest BCUT2D eigenvalue weighted by molar-refractivity contribution is 7.17. The molecular formula is C28H37N5O5S. The van der Waals surface area contributed by atoms with Crippen LogP contribution in [0.3, 0.4) is 0 Å². The van der Waals surface area contributed by atoms with Crippen molar-refractivity contribution in [2.45, 2.75) is 59.3 Å². The molecule has 0 unspecified atom stereocenters. The minimum absolute atomic E-state index is 0.000802. The molecule has 0 aliphatic rings. The van der Waals surface area contributed by atoms with E-state index in [-0.39, 0.29) is 24.0 Å². The topological polar surface area (TPSA) is 128 Å². The van der Waals surface area contributed by atoms with Crippen LogP contribution < -0.4 is 5.32 Å². The molecule has 0 saturated heterocycles. The van der Waals surface area contributed by atoms with E-state index in [1.807, 2.05) is 27.1 Å². The molecule has 3 rings (SSSR count). The standard InChI is InChI=1S/C28H37N5O5S/c1-6-15-37-27(36)25-18(2)29-28(39-25)31-24(35)16-20(9-8-14-33(4)5)12-13-23(34)21-10-7-11-22(17-21)26-30-19(3)38-32-26/h7,10-11,17,20H,6,8-9,12-16H2,1-5H3,(H,29,31,35)/t20-/m1/s1. The maximum absolute atomic E-state index is 13.1. The molecule has 0 saturated carbocycles. The minimum Gasteiger partial charge on any atom is -0.461 e. The van der Waals surface area contributed by atoms with Crippen molar-refractivity contribution in [3.63, 3.8) is 0 Å². The Morgan fingerprint density at radius 3 is 2.64 bits per heavy atom. The molecule has 210 valence electrons. The number of hydrogen-bond donors (Lipinski definition) is 1. The average molecular weight is 556 g/mol. The lowest BCUT2D eigenvalue weighted by atomic mass is 9.91. The van der Waals surface area contributed by atoms with Gasteiger partial charge in [0.25, 0.3) is 0 Å². The second kappa shape index (κ2) is 14.6. The number of anilines is 1.